The van der Waals surface area contributed by atoms with Crippen LogP contribution in [0, 0.1) is 0 Å². The van der Waals surface area contributed by atoms with Crippen LogP contribution < -0.4 is 9.47 Å². The zero-order chi connectivity index (χ0) is 39.4. The zero-order valence-corrected chi connectivity index (χ0v) is 31.7. The number of ether oxygens (including phenoxy) is 5. The molecule has 0 heterocycles. The molecule has 0 spiro atoms. The maximum Gasteiger partial charge on any atom is 0.338 e. The maximum atomic E-state index is 13.9. The minimum absolute atomic E-state index is 0.00749. The lowest BCUT2D eigenvalue weighted by molar-refractivity contribution is -0.135. The Morgan fingerprint density at radius 2 is 1.17 bits per heavy atom. The van der Waals surface area contributed by atoms with Crippen molar-refractivity contribution in [2.45, 2.75) is 104 Å². The van der Waals surface area contributed by atoms with Gasteiger partial charge in [0.15, 0.2) is 5.78 Å². The first-order chi connectivity index (χ1) is 26.0. The number of fused-ring (bicyclic) bond motifs is 2. The summed E-state index contributed by atoms with van der Waals surface area (Å²) in [5, 5.41) is 0. The fraction of sp³-hybridized carbons (Fsp3) is 0.452. The van der Waals surface area contributed by atoms with E-state index in [1.165, 1.54) is 44.6 Å². The second-order valence-electron chi connectivity index (χ2n) is 13.2. The molecular weight excluding hydrogens is 696 g/mol. The summed E-state index contributed by atoms with van der Waals surface area (Å²) in [5.41, 5.74) is 0.439. The predicted octanol–water partition coefficient (Wildman–Crippen LogP) is 7.51. The number of carbonyl (C=O) groups is 7. The number of carbonyl (C=O) groups excluding carboxylic acids is 7. The molecular formula is C42H48O12. The molecule has 0 N–H and O–H groups in total. The Morgan fingerprint density at radius 1 is 0.611 bits per heavy atom. The third-order valence-electron chi connectivity index (χ3n) is 9.31. The van der Waals surface area contributed by atoms with Crippen molar-refractivity contribution in [1.29, 1.82) is 0 Å². The number of esters is 3. The SMILES string of the molecule is CCCC(=O)Oc1cccc2c1C(=O)c1c(OC(=O)CCC)cc(C(=O)OCCCCCCCCCCC3=C(C)C(=O)C(OC)=C(OC)C3=O)cc1C2=O. The largest absolute Gasteiger partial charge is 0.489 e. The minimum Gasteiger partial charge on any atom is -0.489 e. The van der Waals surface area contributed by atoms with Gasteiger partial charge in [-0.25, -0.2) is 4.79 Å². The summed E-state index contributed by atoms with van der Waals surface area (Å²) in [7, 11) is 2.69. The average Bonchev–Trinajstić information content (AvgIpc) is 3.15. The highest BCUT2D eigenvalue weighted by Gasteiger charge is 2.37. The molecule has 0 bridgehead atoms. The third kappa shape index (κ3) is 9.58. The highest BCUT2D eigenvalue weighted by molar-refractivity contribution is 6.31. The molecule has 288 valence electrons. The van der Waals surface area contributed by atoms with Crippen LogP contribution in [0.4, 0.5) is 0 Å². The molecule has 2 aromatic rings. The molecule has 4 rings (SSSR count). The number of rotatable bonds is 20. The smallest absolute Gasteiger partial charge is 0.338 e. The first-order valence-corrected chi connectivity index (χ1v) is 18.6. The second-order valence-corrected chi connectivity index (χ2v) is 13.2. The third-order valence-corrected chi connectivity index (χ3v) is 9.31. The molecule has 12 heteroatoms. The quantitative estimate of drug-likeness (QED) is 0.0484. The molecule has 0 saturated heterocycles. The minimum atomic E-state index is -0.728. The number of hydrogen-bond acceptors (Lipinski definition) is 12. The Balaban J connectivity index is 1.29. The first kappa shape index (κ1) is 41.4. The van der Waals surface area contributed by atoms with Crippen LogP contribution in [0.1, 0.15) is 146 Å². The van der Waals surface area contributed by atoms with E-state index in [0.717, 1.165) is 44.9 Å². The predicted molar refractivity (Wildman–Crippen MR) is 196 cm³/mol. The van der Waals surface area contributed by atoms with E-state index < -0.39 is 29.5 Å². The number of benzene rings is 2. The molecule has 0 saturated carbocycles. The summed E-state index contributed by atoms with van der Waals surface area (Å²) in [6.07, 6.45) is 8.66. The molecule has 0 aliphatic heterocycles. The van der Waals surface area contributed by atoms with E-state index in [-0.39, 0.29) is 81.8 Å². The van der Waals surface area contributed by atoms with Crippen LogP contribution in [0.3, 0.4) is 0 Å². The molecule has 54 heavy (non-hydrogen) atoms. The Kier molecular flexibility index (Phi) is 15.0. The summed E-state index contributed by atoms with van der Waals surface area (Å²) < 4.78 is 26.7. The van der Waals surface area contributed by atoms with E-state index in [0.29, 0.717) is 36.8 Å². The lowest BCUT2D eigenvalue weighted by Gasteiger charge is -2.22. The molecule has 0 atom stereocenters. The van der Waals surface area contributed by atoms with Crippen molar-refractivity contribution in [3.05, 3.63) is 80.8 Å². The number of allylic oxidation sites excluding steroid dienone is 2. The summed E-state index contributed by atoms with van der Waals surface area (Å²) in [4.78, 5) is 91.0. The molecule has 2 aromatic carbocycles. The first-order valence-electron chi connectivity index (χ1n) is 18.6. The van der Waals surface area contributed by atoms with E-state index in [2.05, 4.69) is 0 Å². The number of unbranched alkanes of at least 4 members (excludes halogenated alkanes) is 7. The highest BCUT2D eigenvalue weighted by Crippen LogP contribution is 2.39. The molecule has 2 aliphatic rings. The molecule has 0 amide bonds. The van der Waals surface area contributed by atoms with Gasteiger partial charge in [0.25, 0.3) is 0 Å². The number of Topliss-reactive ketones (excluding diaryl/α,β-unsaturated/α-hetero) is 2. The van der Waals surface area contributed by atoms with Gasteiger partial charge >= 0.3 is 17.9 Å². The summed E-state index contributed by atoms with van der Waals surface area (Å²) in [6.45, 7) is 5.37. The van der Waals surface area contributed by atoms with Gasteiger partial charge < -0.3 is 23.7 Å². The van der Waals surface area contributed by atoms with Crippen molar-refractivity contribution in [3.63, 3.8) is 0 Å². The average molecular weight is 745 g/mol. The topological polar surface area (TPSA) is 166 Å². The van der Waals surface area contributed by atoms with Crippen LogP contribution in [0.5, 0.6) is 11.5 Å². The lowest BCUT2D eigenvalue weighted by atomic mass is 9.82. The Bertz CT molecular complexity index is 1880. The van der Waals surface area contributed by atoms with E-state index in [4.69, 9.17) is 23.7 Å². The Morgan fingerprint density at radius 3 is 1.78 bits per heavy atom. The normalized spacial score (nSPS) is 13.8. The van der Waals surface area contributed by atoms with Crippen molar-refractivity contribution >= 4 is 41.0 Å². The van der Waals surface area contributed by atoms with Crippen molar-refractivity contribution in [2.24, 2.45) is 0 Å². The van der Waals surface area contributed by atoms with E-state index in [1.54, 1.807) is 13.8 Å². The number of methoxy groups -OCH3 is 2. The van der Waals surface area contributed by atoms with Gasteiger partial charge in [-0.1, -0.05) is 64.5 Å². The van der Waals surface area contributed by atoms with E-state index in [9.17, 15) is 33.6 Å². The number of ketones is 4. The number of hydrogen-bond donors (Lipinski definition) is 0. The fourth-order valence-electron chi connectivity index (χ4n) is 6.50. The van der Waals surface area contributed by atoms with Crippen LogP contribution in [0.15, 0.2) is 53.0 Å². The van der Waals surface area contributed by atoms with E-state index in [1.807, 2.05) is 6.92 Å². The zero-order valence-electron chi connectivity index (χ0n) is 31.7. The summed E-state index contributed by atoms with van der Waals surface area (Å²) in [5.74, 6) is -4.20. The molecule has 12 nitrogen and oxygen atoms in total. The second kappa shape index (κ2) is 19.6. The van der Waals surface area contributed by atoms with Gasteiger partial charge in [0, 0.05) is 35.1 Å². The van der Waals surface area contributed by atoms with Crippen LogP contribution in [0.2, 0.25) is 0 Å². The van der Waals surface area contributed by atoms with E-state index >= 15 is 0 Å². The van der Waals surface area contributed by atoms with Gasteiger partial charge in [-0.3, -0.25) is 28.8 Å². The molecule has 0 fully saturated rings. The molecule has 0 unspecified atom stereocenters. The standard InChI is InChI=1S/C42H48O12/c1-6-17-32(43)53-30-21-16-20-28-34(30)39(48)35-29(37(28)46)23-26(24-31(35)54-33(44)18-7-2)42(49)52-22-15-13-11-9-8-10-12-14-19-27-25(3)36(45)40(50-4)41(51-5)38(27)47/h16,20-21,23-24H,6-15,17-19,22H2,1-5H3. The fourth-order valence-corrected chi connectivity index (χ4v) is 6.50. The maximum absolute atomic E-state index is 13.9. The molecule has 2 aliphatic carbocycles. The van der Waals surface area contributed by atoms with Gasteiger partial charge in [0.1, 0.15) is 11.5 Å². The van der Waals surface area contributed by atoms with Gasteiger partial charge in [0.2, 0.25) is 28.9 Å². The Hall–Kier alpha value is -5.39. The van der Waals surface area contributed by atoms with Crippen LogP contribution in [0.25, 0.3) is 0 Å². The van der Waals surface area contributed by atoms with Crippen molar-refractivity contribution in [3.8, 4) is 11.5 Å². The molecule has 0 aromatic heterocycles. The van der Waals surface area contributed by atoms with Crippen LogP contribution >= 0.6 is 0 Å². The van der Waals surface area contributed by atoms with Gasteiger partial charge in [-0.2, -0.15) is 0 Å². The van der Waals surface area contributed by atoms with Crippen LogP contribution in [-0.4, -0.2) is 61.9 Å². The summed E-state index contributed by atoms with van der Waals surface area (Å²) >= 11 is 0. The van der Waals surface area contributed by atoms with Crippen molar-refractivity contribution in [1.82, 2.24) is 0 Å². The lowest BCUT2D eigenvalue weighted by Crippen LogP contribution is -2.25. The van der Waals surface area contributed by atoms with Crippen molar-refractivity contribution < 1.29 is 57.2 Å². The van der Waals surface area contributed by atoms with Gasteiger partial charge in [-0.05, 0) is 57.2 Å². The summed E-state index contributed by atoms with van der Waals surface area (Å²) in [6, 6.07) is 6.89. The Labute approximate surface area is 315 Å². The highest BCUT2D eigenvalue weighted by atomic mass is 16.5. The van der Waals surface area contributed by atoms with Gasteiger partial charge in [-0.15, -0.1) is 0 Å². The molecule has 0 radical (unpaired) electrons. The van der Waals surface area contributed by atoms with Crippen LogP contribution in [-0.2, 0) is 33.4 Å². The monoisotopic (exact) mass is 744 g/mol. The van der Waals surface area contributed by atoms with Crippen molar-refractivity contribution in [2.75, 3.05) is 20.8 Å². The van der Waals surface area contributed by atoms with Gasteiger partial charge in [0.05, 0.1) is 37.5 Å².